The van der Waals surface area contributed by atoms with E-state index >= 15 is 0 Å². The molecule has 1 atom stereocenters. The van der Waals surface area contributed by atoms with E-state index in [2.05, 4.69) is 70.5 Å². The molecule has 0 bridgehead atoms. The summed E-state index contributed by atoms with van der Waals surface area (Å²) in [5, 5.41) is 0. The molecular formula is C24H31N3O. The monoisotopic (exact) mass is 377 g/mol. The van der Waals surface area contributed by atoms with Gasteiger partial charge in [-0.2, -0.15) is 0 Å². The van der Waals surface area contributed by atoms with Crippen molar-refractivity contribution in [1.29, 1.82) is 0 Å². The van der Waals surface area contributed by atoms with Crippen molar-refractivity contribution >= 4 is 5.91 Å². The molecule has 4 rings (SSSR count). The normalized spacial score (nSPS) is 22.5. The van der Waals surface area contributed by atoms with Crippen LogP contribution in [0, 0.1) is 5.92 Å². The topological polar surface area (TPSA) is 49.6 Å². The molecular weight excluding hydrogens is 346 g/mol. The lowest BCUT2D eigenvalue weighted by molar-refractivity contribution is -0.119. The summed E-state index contributed by atoms with van der Waals surface area (Å²) in [6.07, 6.45) is 4.04. The fourth-order valence-corrected chi connectivity index (χ4v) is 5.39. The van der Waals surface area contributed by atoms with Crippen LogP contribution >= 0.6 is 0 Å². The molecule has 0 aromatic heterocycles. The number of nitrogens with two attached hydrogens (primary N) is 1. The van der Waals surface area contributed by atoms with Crippen LogP contribution in [0.3, 0.4) is 0 Å². The summed E-state index contributed by atoms with van der Waals surface area (Å²) in [5.41, 5.74) is 7.95. The fourth-order valence-electron chi connectivity index (χ4n) is 5.39. The van der Waals surface area contributed by atoms with Crippen LogP contribution in [0.15, 0.2) is 60.7 Å². The summed E-state index contributed by atoms with van der Waals surface area (Å²) < 4.78 is 0. The van der Waals surface area contributed by atoms with E-state index in [4.69, 9.17) is 5.73 Å². The number of rotatable bonds is 7. The van der Waals surface area contributed by atoms with Gasteiger partial charge in [0, 0.05) is 19.5 Å². The first kappa shape index (κ1) is 19.2. The van der Waals surface area contributed by atoms with E-state index in [0.29, 0.717) is 6.42 Å². The van der Waals surface area contributed by atoms with Crippen molar-refractivity contribution in [2.24, 2.45) is 11.7 Å². The number of hydrogen-bond acceptors (Lipinski definition) is 3. The Morgan fingerprint density at radius 1 is 0.893 bits per heavy atom. The van der Waals surface area contributed by atoms with E-state index < -0.39 is 0 Å². The van der Waals surface area contributed by atoms with Crippen molar-refractivity contribution in [2.45, 2.75) is 31.2 Å². The first-order valence-electron chi connectivity index (χ1n) is 10.6. The molecule has 28 heavy (non-hydrogen) atoms. The standard InChI is InChI=1S/C24H31N3O/c25-23(28)19-22-13-16-27(18-17-26-14-7-8-15-26)24(22,20-9-3-1-4-10-20)21-11-5-2-6-12-21/h1-6,9-12,22H,7-8,13-19H2,(H2,25,28). The van der Waals surface area contributed by atoms with Gasteiger partial charge < -0.3 is 10.6 Å². The molecule has 148 valence electrons. The van der Waals surface area contributed by atoms with Crippen LogP contribution in [0.2, 0.25) is 0 Å². The van der Waals surface area contributed by atoms with E-state index in [-0.39, 0.29) is 17.4 Å². The van der Waals surface area contributed by atoms with Crippen LogP contribution in [-0.2, 0) is 10.3 Å². The van der Waals surface area contributed by atoms with Crippen molar-refractivity contribution in [3.8, 4) is 0 Å². The van der Waals surface area contributed by atoms with Crippen molar-refractivity contribution in [3.63, 3.8) is 0 Å². The van der Waals surface area contributed by atoms with Crippen LogP contribution in [0.4, 0.5) is 0 Å². The van der Waals surface area contributed by atoms with Crippen molar-refractivity contribution in [2.75, 3.05) is 32.7 Å². The zero-order valence-corrected chi connectivity index (χ0v) is 16.6. The molecule has 2 heterocycles. The minimum atomic E-state index is -0.294. The lowest BCUT2D eigenvalue weighted by atomic mass is 9.72. The smallest absolute Gasteiger partial charge is 0.217 e. The Bertz CT molecular complexity index is 731. The maximum atomic E-state index is 12.0. The molecule has 1 amide bonds. The number of carbonyl (C=O) groups is 1. The summed E-state index contributed by atoms with van der Waals surface area (Å²) in [6, 6.07) is 21.4. The Kier molecular flexibility index (Phi) is 5.79. The fraction of sp³-hybridized carbons (Fsp3) is 0.458. The van der Waals surface area contributed by atoms with E-state index in [1.54, 1.807) is 0 Å². The first-order chi connectivity index (χ1) is 13.7. The Balaban J connectivity index is 1.76. The second kappa shape index (κ2) is 8.46. The van der Waals surface area contributed by atoms with Crippen molar-refractivity contribution < 1.29 is 4.79 Å². The Morgan fingerprint density at radius 2 is 1.46 bits per heavy atom. The van der Waals surface area contributed by atoms with Crippen molar-refractivity contribution in [3.05, 3.63) is 71.8 Å². The molecule has 2 aromatic carbocycles. The van der Waals surface area contributed by atoms with Gasteiger partial charge in [-0.25, -0.2) is 0 Å². The Hall–Kier alpha value is -2.17. The third-order valence-electron chi connectivity index (χ3n) is 6.60. The lowest BCUT2D eigenvalue weighted by Gasteiger charge is -2.44. The highest BCUT2D eigenvalue weighted by atomic mass is 16.1. The molecule has 2 saturated heterocycles. The number of nitrogens with zero attached hydrogens (tertiary/aromatic N) is 2. The first-order valence-corrected chi connectivity index (χ1v) is 10.6. The number of carbonyl (C=O) groups excluding carboxylic acids is 1. The summed E-state index contributed by atoms with van der Waals surface area (Å²) >= 11 is 0. The molecule has 2 N–H and O–H groups in total. The molecule has 2 aromatic rings. The number of benzene rings is 2. The molecule has 2 aliphatic heterocycles. The van der Waals surface area contributed by atoms with Crippen LogP contribution in [0.25, 0.3) is 0 Å². The van der Waals surface area contributed by atoms with Gasteiger partial charge in [0.25, 0.3) is 0 Å². The Labute approximate surface area is 168 Å². The zero-order chi connectivity index (χ0) is 19.4. The number of primary amides is 1. The van der Waals surface area contributed by atoms with E-state index in [1.807, 2.05) is 0 Å². The molecule has 2 aliphatic rings. The van der Waals surface area contributed by atoms with E-state index in [9.17, 15) is 4.79 Å². The molecule has 4 heteroatoms. The van der Waals surface area contributed by atoms with Gasteiger partial charge in [-0.15, -0.1) is 0 Å². The van der Waals surface area contributed by atoms with Gasteiger partial charge in [-0.05, 0) is 55.9 Å². The summed E-state index contributed by atoms with van der Waals surface area (Å²) in [7, 11) is 0. The minimum absolute atomic E-state index is 0.188. The second-order valence-corrected chi connectivity index (χ2v) is 8.19. The maximum Gasteiger partial charge on any atom is 0.217 e. The van der Waals surface area contributed by atoms with Gasteiger partial charge in [-0.1, -0.05) is 60.7 Å². The van der Waals surface area contributed by atoms with Gasteiger partial charge in [-0.3, -0.25) is 9.69 Å². The van der Waals surface area contributed by atoms with Crippen molar-refractivity contribution in [1.82, 2.24) is 9.80 Å². The third-order valence-corrected chi connectivity index (χ3v) is 6.60. The van der Waals surface area contributed by atoms with Crippen LogP contribution in [0.1, 0.15) is 36.8 Å². The minimum Gasteiger partial charge on any atom is -0.370 e. The molecule has 4 nitrogen and oxygen atoms in total. The lowest BCUT2D eigenvalue weighted by Crippen LogP contribution is -2.49. The third kappa shape index (κ3) is 3.59. The molecule has 0 radical (unpaired) electrons. The second-order valence-electron chi connectivity index (χ2n) is 8.19. The largest absolute Gasteiger partial charge is 0.370 e. The van der Waals surface area contributed by atoms with E-state index in [1.165, 1.54) is 37.1 Å². The van der Waals surface area contributed by atoms with Gasteiger partial charge in [0.05, 0.1) is 5.54 Å². The van der Waals surface area contributed by atoms with Gasteiger partial charge >= 0.3 is 0 Å². The molecule has 1 unspecified atom stereocenters. The predicted octanol–water partition coefficient (Wildman–Crippen LogP) is 3.22. The average Bonchev–Trinajstić information content (AvgIpc) is 3.36. The summed E-state index contributed by atoms with van der Waals surface area (Å²) in [4.78, 5) is 17.2. The number of amides is 1. The van der Waals surface area contributed by atoms with Gasteiger partial charge in [0.15, 0.2) is 0 Å². The Morgan fingerprint density at radius 3 is 2.00 bits per heavy atom. The highest BCUT2D eigenvalue weighted by Crippen LogP contribution is 2.49. The average molecular weight is 378 g/mol. The maximum absolute atomic E-state index is 12.0. The molecule has 0 aliphatic carbocycles. The summed E-state index contributed by atoms with van der Waals surface area (Å²) in [5.74, 6) is -0.0176. The van der Waals surface area contributed by atoms with Crippen LogP contribution < -0.4 is 5.73 Å². The quantitative estimate of drug-likeness (QED) is 0.806. The van der Waals surface area contributed by atoms with E-state index in [0.717, 1.165) is 26.1 Å². The highest BCUT2D eigenvalue weighted by Gasteiger charge is 2.51. The van der Waals surface area contributed by atoms with Crippen LogP contribution in [0.5, 0.6) is 0 Å². The summed E-state index contributed by atoms with van der Waals surface area (Å²) in [6.45, 7) is 5.52. The predicted molar refractivity (Wildman–Crippen MR) is 113 cm³/mol. The zero-order valence-electron chi connectivity index (χ0n) is 16.6. The molecule has 0 saturated carbocycles. The van der Waals surface area contributed by atoms with Gasteiger partial charge in [0.2, 0.25) is 5.91 Å². The number of likely N-dealkylation sites (tertiary alicyclic amines) is 2. The van der Waals surface area contributed by atoms with Crippen LogP contribution in [-0.4, -0.2) is 48.4 Å². The number of hydrogen-bond donors (Lipinski definition) is 1. The van der Waals surface area contributed by atoms with Gasteiger partial charge in [0.1, 0.15) is 0 Å². The highest BCUT2D eigenvalue weighted by molar-refractivity contribution is 5.74. The molecule has 2 fully saturated rings. The SMILES string of the molecule is NC(=O)CC1CCN(CCN2CCCC2)C1(c1ccccc1)c1ccccc1. The molecule has 0 spiro atoms.